The Balaban J connectivity index is 1.58. The fourth-order valence-electron chi connectivity index (χ4n) is 5.29. The minimum Gasteiger partial charge on any atom is -0.494 e. The van der Waals surface area contributed by atoms with Gasteiger partial charge in [0.1, 0.15) is 5.75 Å². The minimum absolute atomic E-state index is 0.0491. The van der Waals surface area contributed by atoms with E-state index >= 15 is 0 Å². The molecule has 0 saturated heterocycles. The Morgan fingerprint density at radius 3 is 2.48 bits per heavy atom. The summed E-state index contributed by atoms with van der Waals surface area (Å²) in [5.74, 6) is 0.611. The number of anilines is 1. The third kappa shape index (κ3) is 7.34. The molecule has 0 spiro atoms. The first kappa shape index (κ1) is 32.6. The Morgan fingerprint density at radius 2 is 1.78 bits per heavy atom. The summed E-state index contributed by atoms with van der Waals surface area (Å²) < 4.78 is 13.1. The second kappa shape index (κ2) is 15.0. The van der Waals surface area contributed by atoms with Crippen molar-refractivity contribution in [1.82, 2.24) is 5.32 Å². The lowest BCUT2D eigenvalue weighted by Crippen LogP contribution is -2.49. The molecule has 0 bridgehead atoms. The maximum absolute atomic E-state index is 14.6. The zero-order chi connectivity index (χ0) is 32.5. The third-order valence-electron chi connectivity index (χ3n) is 7.73. The average molecular weight is 684 g/mol. The number of hydrogen-bond donors (Lipinski definition) is 2. The van der Waals surface area contributed by atoms with Crippen molar-refractivity contribution in [3.8, 4) is 5.75 Å². The van der Waals surface area contributed by atoms with E-state index in [-0.39, 0.29) is 25.5 Å². The zero-order valence-corrected chi connectivity index (χ0v) is 27.2. The number of rotatable bonds is 13. The van der Waals surface area contributed by atoms with Crippen molar-refractivity contribution in [1.29, 1.82) is 0 Å². The van der Waals surface area contributed by atoms with Gasteiger partial charge in [-0.1, -0.05) is 75.6 Å². The molecule has 0 radical (unpaired) electrons. The quantitative estimate of drug-likeness (QED) is 0.0676. The monoisotopic (exact) mass is 682 g/mol. The number of ether oxygens (including phenoxy) is 2. The molecule has 1 amide bonds. The van der Waals surface area contributed by atoms with Crippen molar-refractivity contribution in [2.24, 2.45) is 10.1 Å². The first-order chi connectivity index (χ1) is 22.3. The SMILES string of the molecule is CN(C)c1ccc(CNC(=O)[C@]2(Cc3ccccc3N=[N+]=[N-])N=C(c3ccc(OCCCO)cc3)O[C@@H]2c2ccccc2Br)cc1. The van der Waals surface area contributed by atoms with Gasteiger partial charge in [-0.2, -0.15) is 0 Å². The number of carbonyl (C=O) groups excluding carboxylic acids is 1. The topological polar surface area (TPSA) is 132 Å². The molecule has 4 aromatic rings. The molecular formula is C35H35BrN6O4. The molecule has 236 valence electrons. The first-order valence-electron chi connectivity index (χ1n) is 14.9. The molecule has 4 aromatic carbocycles. The van der Waals surface area contributed by atoms with Gasteiger partial charge in [-0.3, -0.25) is 4.79 Å². The minimum atomic E-state index is -1.47. The summed E-state index contributed by atoms with van der Waals surface area (Å²) in [6.45, 7) is 0.719. The number of carbonyl (C=O) groups is 1. The van der Waals surface area contributed by atoms with Gasteiger partial charge in [0.25, 0.3) is 5.91 Å². The summed E-state index contributed by atoms with van der Waals surface area (Å²) in [5.41, 5.74) is 12.3. The van der Waals surface area contributed by atoms with Crippen LogP contribution in [0.1, 0.15) is 34.8 Å². The van der Waals surface area contributed by atoms with Gasteiger partial charge in [-0.25, -0.2) is 4.99 Å². The summed E-state index contributed by atoms with van der Waals surface area (Å²) >= 11 is 3.67. The Kier molecular flexibility index (Phi) is 10.6. The van der Waals surface area contributed by atoms with E-state index in [1.54, 1.807) is 24.3 Å². The second-order valence-corrected chi connectivity index (χ2v) is 11.9. The highest BCUT2D eigenvalue weighted by Crippen LogP contribution is 2.45. The summed E-state index contributed by atoms with van der Waals surface area (Å²) in [5, 5.41) is 16.1. The largest absolute Gasteiger partial charge is 0.494 e. The Labute approximate surface area is 276 Å². The van der Waals surface area contributed by atoms with Crippen LogP contribution in [0.25, 0.3) is 10.4 Å². The number of aliphatic imine (C=N–C) groups is 1. The number of nitrogens with zero attached hydrogens (tertiary/aromatic N) is 5. The van der Waals surface area contributed by atoms with E-state index in [0.29, 0.717) is 41.5 Å². The van der Waals surface area contributed by atoms with E-state index in [4.69, 9.17) is 19.6 Å². The Hall–Kier alpha value is -4.83. The molecule has 11 heteroatoms. The molecule has 1 aliphatic rings. The molecule has 5 rings (SSSR count). The maximum atomic E-state index is 14.6. The molecular weight excluding hydrogens is 648 g/mol. The maximum Gasteiger partial charge on any atom is 0.252 e. The molecule has 10 nitrogen and oxygen atoms in total. The molecule has 2 N–H and O–H groups in total. The van der Waals surface area contributed by atoms with Gasteiger partial charge in [-0.15, -0.1) is 0 Å². The van der Waals surface area contributed by atoms with Crippen molar-refractivity contribution >= 4 is 39.1 Å². The molecule has 0 aromatic heterocycles. The molecule has 1 aliphatic heterocycles. The molecule has 0 saturated carbocycles. The summed E-state index contributed by atoms with van der Waals surface area (Å²) in [6, 6.07) is 30.0. The fourth-order valence-corrected chi connectivity index (χ4v) is 5.78. The lowest BCUT2D eigenvalue weighted by atomic mass is 9.81. The van der Waals surface area contributed by atoms with Crippen molar-refractivity contribution in [2.45, 2.75) is 31.0 Å². The lowest BCUT2D eigenvalue weighted by Gasteiger charge is -2.31. The van der Waals surface area contributed by atoms with Gasteiger partial charge in [0.2, 0.25) is 5.90 Å². The highest BCUT2D eigenvalue weighted by atomic mass is 79.9. The van der Waals surface area contributed by atoms with Gasteiger partial charge < -0.3 is 24.8 Å². The smallest absolute Gasteiger partial charge is 0.252 e. The predicted octanol–water partition coefficient (Wildman–Crippen LogP) is 7.03. The molecule has 2 atom stereocenters. The van der Waals surface area contributed by atoms with Crippen molar-refractivity contribution < 1.29 is 19.4 Å². The van der Waals surface area contributed by atoms with Crippen LogP contribution < -0.4 is 15.0 Å². The van der Waals surface area contributed by atoms with Gasteiger partial charge in [0.15, 0.2) is 11.6 Å². The van der Waals surface area contributed by atoms with Gasteiger partial charge in [0, 0.05) is 72.0 Å². The highest BCUT2D eigenvalue weighted by molar-refractivity contribution is 9.10. The van der Waals surface area contributed by atoms with E-state index in [1.807, 2.05) is 91.8 Å². The van der Waals surface area contributed by atoms with Crippen LogP contribution in [0, 0.1) is 0 Å². The van der Waals surface area contributed by atoms with Crippen LogP contribution in [0.15, 0.2) is 112 Å². The Bertz CT molecular complexity index is 1740. The van der Waals surface area contributed by atoms with Gasteiger partial charge >= 0.3 is 0 Å². The number of hydrogen-bond acceptors (Lipinski definition) is 7. The van der Waals surface area contributed by atoms with Gasteiger partial charge in [-0.05, 0) is 59.1 Å². The normalized spacial score (nSPS) is 17.0. The molecule has 0 fully saturated rings. The van der Waals surface area contributed by atoms with E-state index in [2.05, 4.69) is 31.3 Å². The molecule has 0 aliphatic carbocycles. The predicted molar refractivity (Wildman–Crippen MR) is 182 cm³/mol. The van der Waals surface area contributed by atoms with Crippen LogP contribution in [0.5, 0.6) is 5.75 Å². The third-order valence-corrected chi connectivity index (χ3v) is 8.45. The number of benzene rings is 4. The van der Waals surface area contributed by atoms with E-state index in [0.717, 1.165) is 21.3 Å². The number of nitrogens with one attached hydrogen (secondary N) is 1. The fraction of sp³-hybridized carbons (Fsp3) is 0.257. The average Bonchev–Trinajstić information content (AvgIpc) is 3.45. The lowest BCUT2D eigenvalue weighted by molar-refractivity contribution is -0.129. The van der Waals surface area contributed by atoms with E-state index in [1.165, 1.54) is 0 Å². The van der Waals surface area contributed by atoms with Crippen LogP contribution in [0.4, 0.5) is 11.4 Å². The van der Waals surface area contributed by atoms with Crippen LogP contribution in [-0.4, -0.2) is 49.8 Å². The number of aliphatic hydroxyl groups is 1. The standard InChI is InChI=1S/C35H35BrN6O4/c1-42(2)27-16-12-24(13-17-27)23-38-34(44)35(22-26-8-3-6-11-31(26)40-41-37)32(29-9-4-5-10-30(29)36)46-33(39-35)25-14-18-28(19-15-25)45-21-7-20-43/h3-6,8-19,32,43H,7,20-23H2,1-2H3,(H,38,44)/t32-,35-/m1/s1. The Morgan fingerprint density at radius 1 is 1.07 bits per heavy atom. The van der Waals surface area contributed by atoms with Crippen LogP contribution >= 0.6 is 15.9 Å². The first-order valence-corrected chi connectivity index (χ1v) is 15.7. The van der Waals surface area contributed by atoms with Gasteiger partial charge in [0.05, 0.1) is 6.61 Å². The van der Waals surface area contributed by atoms with E-state index in [9.17, 15) is 10.3 Å². The number of amides is 1. The molecule has 0 unspecified atom stereocenters. The summed E-state index contributed by atoms with van der Waals surface area (Å²) in [6.07, 6.45) is -0.195. The van der Waals surface area contributed by atoms with Crippen LogP contribution in [0.3, 0.4) is 0 Å². The van der Waals surface area contributed by atoms with Crippen LogP contribution in [0.2, 0.25) is 0 Å². The van der Waals surface area contributed by atoms with Crippen molar-refractivity contribution in [2.75, 3.05) is 32.2 Å². The molecule has 1 heterocycles. The summed E-state index contributed by atoms with van der Waals surface area (Å²) in [7, 11) is 3.95. The van der Waals surface area contributed by atoms with Crippen LogP contribution in [-0.2, 0) is 22.5 Å². The highest BCUT2D eigenvalue weighted by Gasteiger charge is 2.54. The summed E-state index contributed by atoms with van der Waals surface area (Å²) in [4.78, 5) is 24.7. The number of azide groups is 1. The van der Waals surface area contributed by atoms with E-state index < -0.39 is 11.6 Å². The second-order valence-electron chi connectivity index (χ2n) is 11.0. The zero-order valence-electron chi connectivity index (χ0n) is 25.6. The van der Waals surface area contributed by atoms with Crippen molar-refractivity contribution in [3.63, 3.8) is 0 Å². The number of aliphatic hydroxyl groups excluding tert-OH is 1. The molecule has 46 heavy (non-hydrogen) atoms. The number of halogens is 1. The van der Waals surface area contributed by atoms with Crippen molar-refractivity contribution in [3.05, 3.63) is 134 Å².